The topological polar surface area (TPSA) is 48.1 Å². The van der Waals surface area contributed by atoms with Crippen LogP contribution in [0.2, 0.25) is 0 Å². The van der Waals surface area contributed by atoms with Crippen molar-refractivity contribution in [2.45, 2.75) is 61.9 Å². The Balaban J connectivity index is 1.38. The Bertz CT molecular complexity index is 430. The first-order valence-electron chi connectivity index (χ1n) is 8.89. The van der Waals surface area contributed by atoms with Crippen LogP contribution in [0.3, 0.4) is 0 Å². The molecule has 6 bridgehead atoms. The predicted octanol–water partition coefficient (Wildman–Crippen LogP) is 0.840. The molecule has 0 aromatic rings. The van der Waals surface area contributed by atoms with Crippen LogP contribution in [0.15, 0.2) is 36.5 Å². The van der Waals surface area contributed by atoms with Crippen molar-refractivity contribution in [1.29, 1.82) is 0 Å². The van der Waals surface area contributed by atoms with E-state index < -0.39 is 0 Å². The Hall–Kier alpha value is -0.940. The highest BCUT2D eigenvalue weighted by atomic mass is 15.0. The van der Waals surface area contributed by atoms with Gasteiger partial charge in [0.25, 0.3) is 0 Å². The Morgan fingerprint density at radius 1 is 0.500 bits per heavy atom. The van der Waals surface area contributed by atoms with E-state index in [0.29, 0.717) is 36.3 Å². The zero-order valence-electron chi connectivity index (χ0n) is 13.2. The minimum Gasteiger partial charge on any atom is -0.317 e. The molecule has 0 aliphatic carbocycles. The molecule has 0 aromatic carbocycles. The van der Waals surface area contributed by atoms with Crippen LogP contribution in [-0.2, 0) is 0 Å². The third-order valence-electron chi connectivity index (χ3n) is 5.29. The maximum Gasteiger partial charge on any atom is 0.0274 e. The van der Waals surface area contributed by atoms with Gasteiger partial charge in [-0.15, -0.1) is 0 Å². The molecule has 4 aliphatic heterocycles. The maximum absolute atomic E-state index is 3.77. The summed E-state index contributed by atoms with van der Waals surface area (Å²) in [4.78, 5) is 0. The van der Waals surface area contributed by atoms with Crippen molar-refractivity contribution >= 4 is 0 Å². The molecule has 4 nitrogen and oxygen atoms in total. The first-order chi connectivity index (χ1) is 10.8. The van der Waals surface area contributed by atoms with Crippen LogP contribution in [-0.4, -0.2) is 49.3 Å². The third-order valence-corrected chi connectivity index (χ3v) is 5.29. The highest BCUT2D eigenvalue weighted by molar-refractivity contribution is 5.17. The normalized spacial score (nSPS) is 44.7. The SMILES string of the molecule is C1=CC2CC3C=CC(CC4C=CC(CCNCCC1N2)N4)N3. The van der Waals surface area contributed by atoms with Gasteiger partial charge in [-0.25, -0.2) is 0 Å². The molecule has 4 rings (SSSR count). The van der Waals surface area contributed by atoms with Crippen LogP contribution in [0.25, 0.3) is 0 Å². The van der Waals surface area contributed by atoms with Crippen molar-refractivity contribution in [3.63, 3.8) is 0 Å². The monoisotopic (exact) mass is 300 g/mol. The summed E-state index contributed by atoms with van der Waals surface area (Å²) in [5, 5.41) is 14.8. The van der Waals surface area contributed by atoms with Crippen LogP contribution in [0.1, 0.15) is 25.7 Å². The summed E-state index contributed by atoms with van der Waals surface area (Å²) in [6.45, 7) is 2.19. The zero-order valence-corrected chi connectivity index (χ0v) is 13.2. The summed E-state index contributed by atoms with van der Waals surface area (Å²) in [7, 11) is 0. The molecule has 0 spiro atoms. The molecule has 6 atom stereocenters. The Labute approximate surface area is 133 Å². The second-order valence-corrected chi connectivity index (χ2v) is 7.09. The average Bonchev–Trinajstić information content (AvgIpc) is 3.22. The first kappa shape index (κ1) is 14.6. The fourth-order valence-corrected chi connectivity index (χ4v) is 4.10. The van der Waals surface area contributed by atoms with E-state index in [4.69, 9.17) is 0 Å². The van der Waals surface area contributed by atoms with Gasteiger partial charge >= 0.3 is 0 Å². The fraction of sp³-hybridized carbons (Fsp3) is 0.667. The van der Waals surface area contributed by atoms with Gasteiger partial charge in [-0.05, 0) is 38.8 Å². The first-order valence-corrected chi connectivity index (χ1v) is 8.89. The molecule has 4 heterocycles. The number of fused-ring (bicyclic) bond motifs is 6. The van der Waals surface area contributed by atoms with Crippen LogP contribution in [0.5, 0.6) is 0 Å². The standard InChI is InChI=1S/C18H28N4/c1-3-15-11-17-5-6-18(22-17)12-16-4-2-14(21-16)8-10-19-9-7-13(1)20-15/h1-6,13-22H,7-12H2. The average molecular weight is 300 g/mol. The largest absolute Gasteiger partial charge is 0.317 e. The lowest BCUT2D eigenvalue weighted by Crippen LogP contribution is -2.42. The summed E-state index contributed by atoms with van der Waals surface area (Å²) in [5.41, 5.74) is 0. The molecule has 4 N–H and O–H groups in total. The van der Waals surface area contributed by atoms with E-state index in [1.165, 1.54) is 12.8 Å². The summed E-state index contributed by atoms with van der Waals surface area (Å²) in [6.07, 6.45) is 18.8. The summed E-state index contributed by atoms with van der Waals surface area (Å²) in [5.74, 6) is 0. The number of hydrogen-bond donors (Lipinski definition) is 4. The fourth-order valence-electron chi connectivity index (χ4n) is 4.10. The quantitative estimate of drug-likeness (QED) is 0.501. The molecule has 1 fully saturated rings. The van der Waals surface area contributed by atoms with Crippen molar-refractivity contribution in [3.05, 3.63) is 36.5 Å². The lowest BCUT2D eigenvalue weighted by atomic mass is 10.1. The molecule has 0 aromatic heterocycles. The van der Waals surface area contributed by atoms with Crippen LogP contribution < -0.4 is 21.3 Å². The Morgan fingerprint density at radius 2 is 0.864 bits per heavy atom. The molecule has 0 radical (unpaired) electrons. The second kappa shape index (κ2) is 6.67. The summed E-state index contributed by atoms with van der Waals surface area (Å²) < 4.78 is 0. The molecule has 4 aliphatic rings. The molecule has 6 unspecified atom stereocenters. The van der Waals surface area contributed by atoms with Crippen molar-refractivity contribution in [2.75, 3.05) is 13.1 Å². The second-order valence-electron chi connectivity index (χ2n) is 7.09. The van der Waals surface area contributed by atoms with Crippen molar-refractivity contribution in [2.24, 2.45) is 0 Å². The van der Waals surface area contributed by atoms with Gasteiger partial charge in [0.15, 0.2) is 0 Å². The van der Waals surface area contributed by atoms with Gasteiger partial charge in [-0.3, -0.25) is 0 Å². The van der Waals surface area contributed by atoms with E-state index in [1.807, 2.05) is 0 Å². The Morgan fingerprint density at radius 3 is 1.32 bits per heavy atom. The molecule has 22 heavy (non-hydrogen) atoms. The van der Waals surface area contributed by atoms with Gasteiger partial charge in [-0.1, -0.05) is 36.5 Å². The highest BCUT2D eigenvalue weighted by Gasteiger charge is 2.27. The molecule has 4 heteroatoms. The van der Waals surface area contributed by atoms with Gasteiger partial charge in [-0.2, -0.15) is 0 Å². The van der Waals surface area contributed by atoms with Gasteiger partial charge in [0.05, 0.1) is 0 Å². The minimum atomic E-state index is 0.512. The zero-order chi connectivity index (χ0) is 14.8. The van der Waals surface area contributed by atoms with Gasteiger partial charge in [0.2, 0.25) is 0 Å². The smallest absolute Gasteiger partial charge is 0.0274 e. The maximum atomic E-state index is 3.77. The van der Waals surface area contributed by atoms with Gasteiger partial charge in [0, 0.05) is 36.3 Å². The number of nitrogens with one attached hydrogen (secondary N) is 4. The van der Waals surface area contributed by atoms with Crippen molar-refractivity contribution < 1.29 is 0 Å². The van der Waals surface area contributed by atoms with E-state index in [9.17, 15) is 0 Å². The van der Waals surface area contributed by atoms with Crippen molar-refractivity contribution in [3.8, 4) is 0 Å². The molecular weight excluding hydrogens is 272 g/mol. The van der Waals surface area contributed by atoms with E-state index in [0.717, 1.165) is 25.9 Å². The molecule has 120 valence electrons. The molecule has 1 saturated heterocycles. The van der Waals surface area contributed by atoms with E-state index >= 15 is 0 Å². The number of hydrogen-bond acceptors (Lipinski definition) is 4. The number of rotatable bonds is 0. The third kappa shape index (κ3) is 3.51. The van der Waals surface area contributed by atoms with E-state index in [2.05, 4.69) is 57.7 Å². The lowest BCUT2D eigenvalue weighted by Gasteiger charge is -2.22. The Kier molecular flexibility index (Phi) is 4.44. The summed E-state index contributed by atoms with van der Waals surface area (Å²) >= 11 is 0. The minimum absolute atomic E-state index is 0.512. The van der Waals surface area contributed by atoms with Crippen molar-refractivity contribution in [1.82, 2.24) is 21.3 Å². The predicted molar refractivity (Wildman–Crippen MR) is 90.9 cm³/mol. The van der Waals surface area contributed by atoms with Gasteiger partial charge < -0.3 is 21.3 Å². The molecule has 0 amide bonds. The lowest BCUT2D eigenvalue weighted by molar-refractivity contribution is 0.417. The summed E-state index contributed by atoms with van der Waals surface area (Å²) in [6, 6.07) is 3.15. The van der Waals surface area contributed by atoms with E-state index in [1.54, 1.807) is 0 Å². The molecule has 0 saturated carbocycles. The van der Waals surface area contributed by atoms with E-state index in [-0.39, 0.29) is 0 Å². The highest BCUT2D eigenvalue weighted by Crippen LogP contribution is 2.19. The van der Waals surface area contributed by atoms with Crippen LogP contribution >= 0.6 is 0 Å². The van der Waals surface area contributed by atoms with Crippen LogP contribution in [0.4, 0.5) is 0 Å². The molecular formula is C18H28N4. The van der Waals surface area contributed by atoms with Crippen LogP contribution in [0, 0.1) is 0 Å². The van der Waals surface area contributed by atoms with Gasteiger partial charge in [0.1, 0.15) is 0 Å².